The van der Waals surface area contributed by atoms with Crippen LogP contribution in [-0.4, -0.2) is 24.8 Å². The number of fused-ring (bicyclic) bond motifs is 1. The van der Waals surface area contributed by atoms with Gasteiger partial charge in [-0.1, -0.05) is 36.4 Å². The Morgan fingerprint density at radius 3 is 2.38 bits per heavy atom. The molecule has 0 fully saturated rings. The second-order valence-corrected chi connectivity index (χ2v) is 7.33. The van der Waals surface area contributed by atoms with Gasteiger partial charge in [0.15, 0.2) is 6.10 Å². The highest BCUT2D eigenvalue weighted by atomic mass is 79.9. The number of halogens is 1. The maximum absolute atomic E-state index is 12.7. The number of aromatic hydroxyl groups is 1. The number of methoxy groups -OCH3 is 1. The number of hydrogen-bond acceptors (Lipinski definition) is 5. The Morgan fingerprint density at radius 2 is 1.76 bits per heavy atom. The summed E-state index contributed by atoms with van der Waals surface area (Å²) in [5, 5.41) is 12.5. The average Bonchev–Trinajstić information content (AvgIpc) is 2.75. The summed E-state index contributed by atoms with van der Waals surface area (Å²) in [5.74, 6) is 0.221. The van der Waals surface area contributed by atoms with Gasteiger partial charge >= 0.3 is 5.97 Å². The molecule has 5 nitrogen and oxygen atoms in total. The van der Waals surface area contributed by atoms with Crippen LogP contribution in [0.4, 0.5) is 0 Å². The second kappa shape index (κ2) is 9.29. The van der Waals surface area contributed by atoms with Crippen molar-refractivity contribution in [1.29, 1.82) is 0 Å². The third kappa shape index (κ3) is 4.38. The van der Waals surface area contributed by atoms with Crippen LogP contribution in [0, 0.1) is 6.92 Å². The van der Waals surface area contributed by atoms with Crippen LogP contribution in [0.1, 0.15) is 29.7 Å². The van der Waals surface area contributed by atoms with Gasteiger partial charge in [0, 0.05) is 15.4 Å². The van der Waals surface area contributed by atoms with E-state index >= 15 is 0 Å². The molecular weight excluding hydrogens is 436 g/mol. The lowest BCUT2D eigenvalue weighted by atomic mass is 9.96. The lowest BCUT2D eigenvalue weighted by molar-refractivity contribution is -0.158. The molecule has 152 valence electrons. The van der Waals surface area contributed by atoms with Crippen molar-refractivity contribution in [1.82, 2.24) is 0 Å². The number of carbonyl (C=O) groups excluding carboxylic acids is 1. The van der Waals surface area contributed by atoms with E-state index in [4.69, 9.17) is 14.2 Å². The summed E-state index contributed by atoms with van der Waals surface area (Å²) >= 11 is 3.60. The number of hydrogen-bond donors (Lipinski definition) is 1. The number of rotatable bonds is 7. The number of phenolic OH excluding ortho intramolecular Hbond substituents is 1. The third-order valence-corrected chi connectivity index (χ3v) is 5.77. The SMILES string of the molecule is CCOC(=O)C(OCc1ccc(OC)cc1)c1c(C)c(Br)c2ccccc2c1O. The Hall–Kier alpha value is -2.57. The molecule has 0 amide bonds. The quantitative estimate of drug-likeness (QED) is 0.477. The summed E-state index contributed by atoms with van der Waals surface area (Å²) in [5.41, 5.74) is 2.01. The number of carbonyl (C=O) groups is 1. The highest BCUT2D eigenvalue weighted by molar-refractivity contribution is 9.10. The van der Waals surface area contributed by atoms with Gasteiger partial charge in [0.1, 0.15) is 11.5 Å². The molecule has 3 aromatic rings. The van der Waals surface area contributed by atoms with Gasteiger partial charge in [0.25, 0.3) is 0 Å². The number of esters is 1. The van der Waals surface area contributed by atoms with Gasteiger partial charge in [0.05, 0.1) is 20.3 Å². The molecule has 0 spiro atoms. The summed E-state index contributed by atoms with van der Waals surface area (Å²) in [6.07, 6.45) is -1.06. The predicted molar refractivity (Wildman–Crippen MR) is 115 cm³/mol. The van der Waals surface area contributed by atoms with Crippen molar-refractivity contribution in [3.8, 4) is 11.5 Å². The number of benzene rings is 3. The monoisotopic (exact) mass is 458 g/mol. The largest absolute Gasteiger partial charge is 0.507 e. The summed E-state index contributed by atoms with van der Waals surface area (Å²) in [7, 11) is 1.60. The average molecular weight is 459 g/mol. The molecule has 6 heteroatoms. The maximum Gasteiger partial charge on any atom is 0.340 e. The molecule has 0 radical (unpaired) electrons. The van der Waals surface area contributed by atoms with Gasteiger partial charge in [-0.05, 0) is 58.4 Å². The first-order valence-corrected chi connectivity index (χ1v) is 10.1. The molecule has 0 aliphatic rings. The molecule has 3 aromatic carbocycles. The Balaban J connectivity index is 2.01. The van der Waals surface area contributed by atoms with E-state index in [1.54, 1.807) is 14.0 Å². The van der Waals surface area contributed by atoms with E-state index in [9.17, 15) is 9.90 Å². The standard InChI is InChI=1S/C23H23BrO5/c1-4-28-23(26)22(29-13-15-9-11-16(27-3)12-10-15)19-14(2)20(24)17-7-5-6-8-18(17)21(19)25/h5-12,22,25H,4,13H2,1-3H3. The van der Waals surface area contributed by atoms with Crippen LogP contribution >= 0.6 is 15.9 Å². The zero-order valence-electron chi connectivity index (χ0n) is 16.6. The van der Waals surface area contributed by atoms with Crippen LogP contribution in [-0.2, 0) is 20.9 Å². The molecule has 0 saturated heterocycles. The molecule has 0 aliphatic carbocycles. The summed E-state index contributed by atoms with van der Waals surface area (Å²) < 4.78 is 17.2. The molecule has 0 aliphatic heterocycles. The van der Waals surface area contributed by atoms with E-state index in [1.165, 1.54) is 0 Å². The lowest BCUT2D eigenvalue weighted by Crippen LogP contribution is -2.20. The summed E-state index contributed by atoms with van der Waals surface area (Å²) in [6.45, 7) is 3.97. The maximum atomic E-state index is 12.7. The van der Waals surface area contributed by atoms with Crippen molar-refractivity contribution in [2.45, 2.75) is 26.6 Å². The van der Waals surface area contributed by atoms with E-state index in [0.717, 1.165) is 26.7 Å². The van der Waals surface area contributed by atoms with Gasteiger partial charge < -0.3 is 19.3 Å². The first-order chi connectivity index (χ1) is 14.0. The Bertz CT molecular complexity index is 1010. The predicted octanol–water partition coefficient (Wildman–Crippen LogP) is 5.45. The van der Waals surface area contributed by atoms with Gasteiger partial charge in [-0.3, -0.25) is 0 Å². The molecule has 29 heavy (non-hydrogen) atoms. The van der Waals surface area contributed by atoms with Crippen molar-refractivity contribution in [3.05, 3.63) is 69.7 Å². The molecule has 3 rings (SSSR count). The first-order valence-electron chi connectivity index (χ1n) is 9.28. The van der Waals surface area contributed by atoms with Gasteiger partial charge in [0.2, 0.25) is 0 Å². The van der Waals surface area contributed by atoms with Gasteiger partial charge in [-0.15, -0.1) is 0 Å². The molecular formula is C23H23BrO5. The van der Waals surface area contributed by atoms with Crippen LogP contribution in [0.5, 0.6) is 11.5 Å². The van der Waals surface area contributed by atoms with Crippen molar-refractivity contribution >= 4 is 32.7 Å². The van der Waals surface area contributed by atoms with E-state index in [0.29, 0.717) is 10.9 Å². The topological polar surface area (TPSA) is 65.0 Å². The zero-order chi connectivity index (χ0) is 21.0. The lowest BCUT2D eigenvalue weighted by Gasteiger charge is -2.22. The minimum Gasteiger partial charge on any atom is -0.507 e. The van der Waals surface area contributed by atoms with Crippen molar-refractivity contribution in [3.63, 3.8) is 0 Å². The normalized spacial score (nSPS) is 12.0. The van der Waals surface area contributed by atoms with E-state index in [1.807, 2.05) is 55.5 Å². The summed E-state index contributed by atoms with van der Waals surface area (Å²) in [4.78, 5) is 12.7. The highest BCUT2D eigenvalue weighted by Gasteiger charge is 2.30. The second-order valence-electron chi connectivity index (χ2n) is 6.54. The molecule has 1 unspecified atom stereocenters. The number of ether oxygens (including phenoxy) is 3. The Kier molecular flexibility index (Phi) is 6.77. The highest BCUT2D eigenvalue weighted by Crippen LogP contribution is 2.42. The van der Waals surface area contributed by atoms with Crippen LogP contribution < -0.4 is 4.74 Å². The van der Waals surface area contributed by atoms with Gasteiger partial charge in [-0.2, -0.15) is 0 Å². The fourth-order valence-electron chi connectivity index (χ4n) is 3.23. The van der Waals surface area contributed by atoms with Crippen LogP contribution in [0.3, 0.4) is 0 Å². The minimum absolute atomic E-state index is 0.0223. The fraction of sp³-hybridized carbons (Fsp3) is 0.261. The van der Waals surface area contributed by atoms with Crippen molar-refractivity contribution < 1.29 is 24.1 Å². The van der Waals surface area contributed by atoms with E-state index in [-0.39, 0.29) is 19.0 Å². The zero-order valence-corrected chi connectivity index (χ0v) is 18.2. The third-order valence-electron chi connectivity index (χ3n) is 4.75. The Labute approximate surface area is 178 Å². The molecule has 1 atom stereocenters. The van der Waals surface area contributed by atoms with Crippen LogP contribution in [0.15, 0.2) is 53.0 Å². The smallest absolute Gasteiger partial charge is 0.340 e. The number of phenols is 1. The van der Waals surface area contributed by atoms with Crippen LogP contribution in [0.25, 0.3) is 10.8 Å². The van der Waals surface area contributed by atoms with E-state index in [2.05, 4.69) is 15.9 Å². The van der Waals surface area contributed by atoms with Gasteiger partial charge in [-0.25, -0.2) is 4.79 Å². The molecule has 0 bridgehead atoms. The molecule has 0 aromatic heterocycles. The molecule has 0 heterocycles. The molecule has 1 N–H and O–H groups in total. The summed E-state index contributed by atoms with van der Waals surface area (Å²) in [6, 6.07) is 14.8. The van der Waals surface area contributed by atoms with Crippen molar-refractivity contribution in [2.24, 2.45) is 0 Å². The van der Waals surface area contributed by atoms with Crippen LogP contribution in [0.2, 0.25) is 0 Å². The minimum atomic E-state index is -1.06. The first kappa shape index (κ1) is 21.1. The Morgan fingerprint density at radius 1 is 1.10 bits per heavy atom. The molecule has 0 saturated carbocycles. The fourth-order valence-corrected chi connectivity index (χ4v) is 3.79. The van der Waals surface area contributed by atoms with Crippen molar-refractivity contribution in [2.75, 3.05) is 13.7 Å². The van der Waals surface area contributed by atoms with E-state index < -0.39 is 12.1 Å².